The van der Waals surface area contributed by atoms with Crippen molar-refractivity contribution < 1.29 is 23.9 Å². The molecular weight excluding hydrogens is 358 g/mol. The minimum Gasteiger partial charge on any atom is -0.497 e. The summed E-state index contributed by atoms with van der Waals surface area (Å²) in [5.41, 5.74) is 0.929. The molecule has 0 aliphatic heterocycles. The van der Waals surface area contributed by atoms with Gasteiger partial charge in [0.05, 0.1) is 7.11 Å². The highest BCUT2D eigenvalue weighted by Gasteiger charge is 2.16. The number of urea groups is 1. The van der Waals surface area contributed by atoms with Gasteiger partial charge in [0.1, 0.15) is 10.8 Å². The number of ether oxygens (including phenoxy) is 2. The fourth-order valence-corrected chi connectivity index (χ4v) is 2.70. The Morgan fingerprint density at radius 2 is 1.88 bits per heavy atom. The van der Waals surface area contributed by atoms with Crippen molar-refractivity contribution in [2.45, 2.75) is 19.9 Å². The molecule has 26 heavy (non-hydrogen) atoms. The van der Waals surface area contributed by atoms with Gasteiger partial charge in [0.25, 0.3) is 5.91 Å². The molecule has 2 aromatic rings. The molecule has 3 amide bonds. The first-order chi connectivity index (χ1) is 12.4. The molecule has 0 aliphatic carbocycles. The van der Waals surface area contributed by atoms with E-state index in [2.05, 4.69) is 15.6 Å². The zero-order chi connectivity index (χ0) is 19.1. The van der Waals surface area contributed by atoms with Crippen LogP contribution in [-0.4, -0.2) is 42.7 Å². The highest BCUT2D eigenvalue weighted by Crippen LogP contribution is 2.25. The first-order valence-corrected chi connectivity index (χ1v) is 8.64. The Kier molecular flexibility index (Phi) is 6.67. The number of thiazole rings is 1. The second-order valence-corrected chi connectivity index (χ2v) is 6.38. The Balaban J connectivity index is 1.89. The van der Waals surface area contributed by atoms with Gasteiger partial charge in [-0.3, -0.25) is 10.1 Å². The lowest BCUT2D eigenvalue weighted by Gasteiger charge is -2.09. The summed E-state index contributed by atoms with van der Waals surface area (Å²) in [5.74, 6) is -0.736. The maximum absolute atomic E-state index is 12.0. The Bertz CT molecular complexity index is 786. The van der Waals surface area contributed by atoms with Gasteiger partial charge in [-0.2, -0.15) is 0 Å². The Morgan fingerprint density at radius 1 is 1.19 bits per heavy atom. The van der Waals surface area contributed by atoms with E-state index in [0.29, 0.717) is 5.01 Å². The topological polar surface area (TPSA) is 107 Å². The standard InChI is InChI=1S/C17H19N3O5S/c1-10(2)18-17(23)20-14(21)8-25-16(22)13-9-26-15(19-13)11-4-6-12(24-3)7-5-11/h4-7,9-10H,8H2,1-3H3,(H2,18,20,21,23). The third-order valence-corrected chi connectivity index (χ3v) is 3.95. The van der Waals surface area contributed by atoms with Crippen molar-refractivity contribution in [3.63, 3.8) is 0 Å². The third-order valence-electron chi connectivity index (χ3n) is 3.06. The molecule has 138 valence electrons. The summed E-state index contributed by atoms with van der Waals surface area (Å²) in [6.07, 6.45) is 0. The average molecular weight is 377 g/mol. The second-order valence-electron chi connectivity index (χ2n) is 5.52. The van der Waals surface area contributed by atoms with E-state index >= 15 is 0 Å². The minimum absolute atomic E-state index is 0.0975. The molecule has 2 N–H and O–H groups in total. The van der Waals surface area contributed by atoms with E-state index in [4.69, 9.17) is 9.47 Å². The summed E-state index contributed by atoms with van der Waals surface area (Å²) in [4.78, 5) is 39.1. The van der Waals surface area contributed by atoms with Crippen LogP contribution < -0.4 is 15.4 Å². The van der Waals surface area contributed by atoms with E-state index in [-0.39, 0.29) is 11.7 Å². The van der Waals surface area contributed by atoms with Crippen LogP contribution >= 0.6 is 11.3 Å². The fourth-order valence-electron chi connectivity index (χ4n) is 1.90. The van der Waals surface area contributed by atoms with Crippen LogP contribution in [0.25, 0.3) is 10.6 Å². The Hall–Kier alpha value is -2.94. The summed E-state index contributed by atoms with van der Waals surface area (Å²) in [6, 6.07) is 6.48. The van der Waals surface area contributed by atoms with Gasteiger partial charge in [0.15, 0.2) is 12.3 Å². The smallest absolute Gasteiger partial charge is 0.358 e. The average Bonchev–Trinajstić information content (AvgIpc) is 3.09. The molecule has 0 aliphatic rings. The maximum Gasteiger partial charge on any atom is 0.358 e. The Morgan fingerprint density at radius 3 is 2.50 bits per heavy atom. The number of esters is 1. The fraction of sp³-hybridized carbons (Fsp3) is 0.294. The minimum atomic E-state index is -0.736. The molecule has 9 heteroatoms. The molecule has 0 fully saturated rings. The molecular formula is C17H19N3O5S. The summed E-state index contributed by atoms with van der Waals surface area (Å²) in [7, 11) is 1.58. The van der Waals surface area contributed by atoms with Gasteiger partial charge >= 0.3 is 12.0 Å². The number of hydrogen-bond acceptors (Lipinski definition) is 7. The lowest BCUT2D eigenvalue weighted by Crippen LogP contribution is -2.44. The van der Waals surface area contributed by atoms with Crippen molar-refractivity contribution in [2.24, 2.45) is 0 Å². The van der Waals surface area contributed by atoms with Crippen molar-refractivity contribution in [3.8, 4) is 16.3 Å². The van der Waals surface area contributed by atoms with Gasteiger partial charge in [-0.25, -0.2) is 14.6 Å². The normalized spacial score (nSPS) is 10.3. The number of nitrogens with one attached hydrogen (secondary N) is 2. The zero-order valence-electron chi connectivity index (χ0n) is 14.6. The Labute approximate surface area is 154 Å². The van der Waals surface area contributed by atoms with Crippen LogP contribution in [0, 0.1) is 0 Å². The van der Waals surface area contributed by atoms with Crippen LogP contribution in [0.5, 0.6) is 5.75 Å². The van der Waals surface area contributed by atoms with Crippen LogP contribution in [0.15, 0.2) is 29.6 Å². The van der Waals surface area contributed by atoms with Gasteiger partial charge in [-0.15, -0.1) is 11.3 Å². The maximum atomic E-state index is 12.0. The lowest BCUT2D eigenvalue weighted by molar-refractivity contribution is -0.123. The van der Waals surface area contributed by atoms with E-state index in [1.54, 1.807) is 38.5 Å². The summed E-state index contributed by atoms with van der Waals surface area (Å²) >= 11 is 1.28. The van der Waals surface area contributed by atoms with Gasteiger partial charge in [-0.1, -0.05) is 0 Å². The number of imide groups is 1. The molecule has 0 bridgehead atoms. The molecule has 0 spiro atoms. The van der Waals surface area contributed by atoms with E-state index in [1.165, 1.54) is 11.3 Å². The first-order valence-electron chi connectivity index (χ1n) is 7.76. The predicted molar refractivity (Wildman–Crippen MR) is 96.2 cm³/mol. The molecule has 1 aromatic heterocycles. The predicted octanol–water partition coefficient (Wildman–Crippen LogP) is 2.21. The number of nitrogens with zero attached hydrogens (tertiary/aromatic N) is 1. The van der Waals surface area contributed by atoms with Crippen molar-refractivity contribution in [2.75, 3.05) is 13.7 Å². The SMILES string of the molecule is COc1ccc(-c2nc(C(=O)OCC(=O)NC(=O)NC(C)C)cs2)cc1. The number of rotatable bonds is 6. The monoisotopic (exact) mass is 377 g/mol. The molecule has 0 atom stereocenters. The summed E-state index contributed by atoms with van der Waals surface area (Å²) < 4.78 is 9.97. The highest BCUT2D eigenvalue weighted by molar-refractivity contribution is 7.13. The van der Waals surface area contributed by atoms with E-state index < -0.39 is 24.5 Å². The summed E-state index contributed by atoms with van der Waals surface area (Å²) in [6.45, 7) is 2.94. The first kappa shape index (κ1) is 19.4. The molecule has 0 saturated heterocycles. The van der Waals surface area contributed by atoms with Crippen molar-refractivity contribution in [3.05, 3.63) is 35.3 Å². The molecule has 0 saturated carbocycles. The molecule has 0 unspecified atom stereocenters. The molecule has 1 heterocycles. The molecule has 2 rings (SSSR count). The number of amides is 3. The van der Waals surface area contributed by atoms with Gasteiger partial charge < -0.3 is 14.8 Å². The number of carbonyl (C=O) groups is 3. The van der Waals surface area contributed by atoms with Gasteiger partial charge in [-0.05, 0) is 38.1 Å². The third kappa shape index (κ3) is 5.55. The number of carbonyl (C=O) groups excluding carboxylic acids is 3. The van der Waals surface area contributed by atoms with Crippen molar-refractivity contribution >= 4 is 29.2 Å². The highest BCUT2D eigenvalue weighted by atomic mass is 32.1. The number of methoxy groups -OCH3 is 1. The second kappa shape index (κ2) is 8.95. The van der Waals surface area contributed by atoms with E-state index in [0.717, 1.165) is 11.3 Å². The molecule has 1 aromatic carbocycles. The number of benzene rings is 1. The lowest BCUT2D eigenvalue weighted by atomic mass is 10.2. The zero-order valence-corrected chi connectivity index (χ0v) is 15.4. The molecule has 8 nitrogen and oxygen atoms in total. The molecule has 0 radical (unpaired) electrons. The van der Waals surface area contributed by atoms with Crippen molar-refractivity contribution in [1.82, 2.24) is 15.6 Å². The van der Waals surface area contributed by atoms with Gasteiger partial charge in [0, 0.05) is 17.0 Å². The van der Waals surface area contributed by atoms with Crippen LogP contribution in [0.4, 0.5) is 4.79 Å². The van der Waals surface area contributed by atoms with E-state index in [1.807, 2.05) is 12.1 Å². The summed E-state index contributed by atoms with van der Waals surface area (Å²) in [5, 5.41) is 6.74. The number of hydrogen-bond donors (Lipinski definition) is 2. The van der Waals surface area contributed by atoms with Crippen LogP contribution in [0.3, 0.4) is 0 Å². The van der Waals surface area contributed by atoms with Gasteiger partial charge in [0.2, 0.25) is 0 Å². The largest absolute Gasteiger partial charge is 0.497 e. The quantitative estimate of drug-likeness (QED) is 0.748. The van der Waals surface area contributed by atoms with E-state index in [9.17, 15) is 14.4 Å². The van der Waals surface area contributed by atoms with Crippen molar-refractivity contribution in [1.29, 1.82) is 0 Å². The van der Waals surface area contributed by atoms with Crippen LogP contribution in [0.2, 0.25) is 0 Å². The van der Waals surface area contributed by atoms with Crippen LogP contribution in [-0.2, 0) is 9.53 Å². The van der Waals surface area contributed by atoms with Crippen LogP contribution in [0.1, 0.15) is 24.3 Å². The number of aromatic nitrogens is 1.